The highest BCUT2D eigenvalue weighted by atomic mass is 16.4. The van der Waals surface area contributed by atoms with Gasteiger partial charge in [-0.05, 0) is 36.4 Å². The molecular formula is C22H23N7O. The maximum Gasteiger partial charge on any atom is 0.292 e. The normalized spacial score (nSPS) is 18.2. The van der Waals surface area contributed by atoms with E-state index in [9.17, 15) is 0 Å². The van der Waals surface area contributed by atoms with Crippen LogP contribution in [0.2, 0.25) is 0 Å². The van der Waals surface area contributed by atoms with Crippen molar-refractivity contribution >= 4 is 33.8 Å². The summed E-state index contributed by atoms with van der Waals surface area (Å²) in [6.07, 6.45) is 1.96. The molecule has 8 nitrogen and oxygen atoms in total. The highest BCUT2D eigenvalue weighted by Gasteiger charge is 2.32. The van der Waals surface area contributed by atoms with Gasteiger partial charge in [-0.25, -0.2) is 4.98 Å². The molecule has 0 bridgehead atoms. The maximum absolute atomic E-state index is 5.66. The van der Waals surface area contributed by atoms with Crippen LogP contribution >= 0.6 is 0 Å². The molecule has 4 aromatic rings. The van der Waals surface area contributed by atoms with Crippen LogP contribution in [0.5, 0.6) is 0 Å². The average Bonchev–Trinajstić information content (AvgIpc) is 3.12. The van der Waals surface area contributed by atoms with Gasteiger partial charge in [0.25, 0.3) is 6.01 Å². The lowest BCUT2D eigenvalue weighted by Gasteiger charge is -2.47. The first-order valence-corrected chi connectivity index (χ1v) is 10.4. The topological polar surface area (TPSA) is 96.3 Å². The van der Waals surface area contributed by atoms with Crippen LogP contribution in [0.4, 0.5) is 11.7 Å². The molecule has 2 aliphatic heterocycles. The van der Waals surface area contributed by atoms with Gasteiger partial charge >= 0.3 is 0 Å². The fourth-order valence-electron chi connectivity index (χ4n) is 4.38. The number of hydrogen-bond donors (Lipinski definition) is 2. The van der Waals surface area contributed by atoms with Gasteiger partial charge in [-0.3, -0.25) is 9.88 Å². The van der Waals surface area contributed by atoms with Crippen molar-refractivity contribution in [3.05, 3.63) is 42.6 Å². The first kappa shape index (κ1) is 17.6. The van der Waals surface area contributed by atoms with Crippen molar-refractivity contribution in [1.29, 1.82) is 0 Å². The van der Waals surface area contributed by atoms with E-state index in [1.54, 1.807) is 0 Å². The average molecular weight is 401 g/mol. The molecule has 152 valence electrons. The Bertz CT molecular complexity index is 1220. The van der Waals surface area contributed by atoms with Crippen molar-refractivity contribution in [2.24, 2.45) is 0 Å². The Kier molecular flexibility index (Phi) is 4.07. The van der Waals surface area contributed by atoms with Gasteiger partial charge in [-0.15, -0.1) is 0 Å². The highest BCUT2D eigenvalue weighted by Crippen LogP contribution is 2.28. The standard InChI is InChI=1S/C22H23N7O/c23-22-27-20-9-14(1-4-21(20)30-22)17-2-3-18-19(26-17)10-15(11-25-18)29-12-16(13-29)28-7-5-24-6-8-28/h1-4,9-11,16,24H,5-8,12-13H2,(H2,23,27). The number of piperazine rings is 1. The van der Waals surface area contributed by atoms with Crippen LogP contribution in [0.3, 0.4) is 0 Å². The van der Waals surface area contributed by atoms with E-state index < -0.39 is 0 Å². The molecule has 0 saturated carbocycles. The van der Waals surface area contributed by atoms with E-state index in [1.807, 2.05) is 36.5 Å². The molecule has 0 spiro atoms. The summed E-state index contributed by atoms with van der Waals surface area (Å²) in [4.78, 5) is 18.7. The minimum Gasteiger partial charge on any atom is -0.424 e. The van der Waals surface area contributed by atoms with Crippen LogP contribution in [-0.4, -0.2) is 65.2 Å². The van der Waals surface area contributed by atoms with Gasteiger partial charge in [0.1, 0.15) is 5.52 Å². The third-order valence-corrected chi connectivity index (χ3v) is 6.12. The van der Waals surface area contributed by atoms with E-state index in [4.69, 9.17) is 15.1 Å². The van der Waals surface area contributed by atoms with E-state index in [1.165, 1.54) is 0 Å². The van der Waals surface area contributed by atoms with Gasteiger partial charge in [0, 0.05) is 50.9 Å². The third kappa shape index (κ3) is 3.05. The van der Waals surface area contributed by atoms with Gasteiger partial charge in [0.2, 0.25) is 0 Å². The number of oxazole rings is 1. The third-order valence-electron chi connectivity index (χ3n) is 6.12. The second kappa shape index (κ2) is 6.93. The molecule has 2 saturated heterocycles. The molecular weight excluding hydrogens is 378 g/mol. The summed E-state index contributed by atoms with van der Waals surface area (Å²) in [7, 11) is 0. The molecule has 30 heavy (non-hydrogen) atoms. The summed E-state index contributed by atoms with van der Waals surface area (Å²) in [5.74, 6) is 0. The number of rotatable bonds is 3. The minimum atomic E-state index is 0.177. The van der Waals surface area contributed by atoms with Crippen LogP contribution in [0, 0.1) is 0 Å². The van der Waals surface area contributed by atoms with Gasteiger partial charge in [-0.2, -0.15) is 4.98 Å². The van der Waals surface area contributed by atoms with Crippen molar-refractivity contribution in [2.45, 2.75) is 6.04 Å². The first-order valence-electron chi connectivity index (χ1n) is 10.4. The van der Waals surface area contributed by atoms with Crippen molar-refractivity contribution in [1.82, 2.24) is 25.2 Å². The molecule has 3 aromatic heterocycles. The molecule has 8 heteroatoms. The maximum atomic E-state index is 5.66. The predicted octanol–water partition coefficient (Wildman–Crippen LogP) is 2.11. The second-order valence-corrected chi connectivity index (χ2v) is 8.01. The van der Waals surface area contributed by atoms with Crippen LogP contribution in [0.15, 0.2) is 47.0 Å². The summed E-state index contributed by atoms with van der Waals surface area (Å²) in [6, 6.07) is 12.8. The Morgan fingerprint density at radius 3 is 2.70 bits per heavy atom. The number of pyridine rings is 2. The number of benzene rings is 1. The minimum absolute atomic E-state index is 0.177. The van der Waals surface area contributed by atoms with Gasteiger partial charge < -0.3 is 20.4 Å². The second-order valence-electron chi connectivity index (χ2n) is 8.01. The zero-order valence-corrected chi connectivity index (χ0v) is 16.6. The lowest BCUT2D eigenvalue weighted by Crippen LogP contribution is -2.62. The summed E-state index contributed by atoms with van der Waals surface area (Å²) < 4.78 is 5.37. The summed E-state index contributed by atoms with van der Waals surface area (Å²) in [5.41, 5.74) is 11.9. The van der Waals surface area contributed by atoms with Crippen LogP contribution in [-0.2, 0) is 0 Å². The number of anilines is 2. The van der Waals surface area contributed by atoms with Crippen LogP contribution in [0.25, 0.3) is 33.4 Å². The fourth-order valence-corrected chi connectivity index (χ4v) is 4.38. The number of nitrogen functional groups attached to an aromatic ring is 1. The van der Waals surface area contributed by atoms with Crippen LogP contribution in [0.1, 0.15) is 0 Å². The summed E-state index contributed by atoms with van der Waals surface area (Å²) in [5, 5.41) is 3.42. The summed E-state index contributed by atoms with van der Waals surface area (Å²) >= 11 is 0. The lowest BCUT2D eigenvalue weighted by atomic mass is 10.1. The predicted molar refractivity (Wildman–Crippen MR) is 117 cm³/mol. The molecule has 0 unspecified atom stereocenters. The van der Waals surface area contributed by atoms with E-state index in [0.717, 1.165) is 72.8 Å². The van der Waals surface area contributed by atoms with E-state index in [2.05, 4.69) is 31.2 Å². The quantitative estimate of drug-likeness (QED) is 0.539. The molecule has 0 amide bonds. The first-order chi connectivity index (χ1) is 14.7. The zero-order valence-electron chi connectivity index (χ0n) is 16.6. The fraction of sp³-hybridized carbons (Fsp3) is 0.318. The van der Waals surface area contributed by atoms with Crippen molar-refractivity contribution < 1.29 is 4.42 Å². The SMILES string of the molecule is Nc1nc2cc(-c3ccc4ncc(N5CC(N6CCNCC6)C5)cc4n3)ccc2o1. The Hall–Kier alpha value is -3.23. The Morgan fingerprint density at radius 1 is 0.967 bits per heavy atom. The molecule has 0 atom stereocenters. The van der Waals surface area contributed by atoms with E-state index >= 15 is 0 Å². The number of hydrogen-bond acceptors (Lipinski definition) is 8. The zero-order chi connectivity index (χ0) is 20.1. The van der Waals surface area contributed by atoms with Gasteiger partial charge in [0.05, 0.1) is 28.6 Å². The molecule has 2 aliphatic rings. The number of nitrogens with zero attached hydrogens (tertiary/aromatic N) is 5. The largest absolute Gasteiger partial charge is 0.424 e. The molecule has 3 N–H and O–H groups in total. The summed E-state index contributed by atoms with van der Waals surface area (Å²) in [6.45, 7) is 6.57. The number of nitrogens with one attached hydrogen (secondary N) is 1. The molecule has 0 aliphatic carbocycles. The van der Waals surface area contributed by atoms with Gasteiger partial charge in [-0.1, -0.05) is 0 Å². The lowest BCUT2D eigenvalue weighted by molar-refractivity contribution is 0.147. The Labute approximate surface area is 173 Å². The Morgan fingerprint density at radius 2 is 1.83 bits per heavy atom. The molecule has 6 rings (SSSR count). The molecule has 5 heterocycles. The monoisotopic (exact) mass is 401 g/mol. The Balaban J connectivity index is 1.26. The molecule has 0 radical (unpaired) electrons. The van der Waals surface area contributed by atoms with E-state index in [0.29, 0.717) is 11.6 Å². The van der Waals surface area contributed by atoms with E-state index in [-0.39, 0.29) is 6.01 Å². The molecule has 2 fully saturated rings. The number of aromatic nitrogens is 3. The number of fused-ring (bicyclic) bond motifs is 2. The smallest absolute Gasteiger partial charge is 0.292 e. The number of nitrogens with two attached hydrogens (primary N) is 1. The van der Waals surface area contributed by atoms with Gasteiger partial charge in [0.15, 0.2) is 5.58 Å². The van der Waals surface area contributed by atoms with Crippen molar-refractivity contribution in [3.8, 4) is 11.3 Å². The molecule has 1 aromatic carbocycles. The highest BCUT2D eigenvalue weighted by molar-refractivity contribution is 5.84. The van der Waals surface area contributed by atoms with Crippen molar-refractivity contribution in [3.63, 3.8) is 0 Å². The van der Waals surface area contributed by atoms with Crippen LogP contribution < -0.4 is 16.0 Å². The van der Waals surface area contributed by atoms with Crippen molar-refractivity contribution in [2.75, 3.05) is 49.9 Å².